The van der Waals surface area contributed by atoms with E-state index in [2.05, 4.69) is 11.4 Å². The Hall–Kier alpha value is -2.31. The Morgan fingerprint density at radius 2 is 2.19 bits per heavy atom. The van der Waals surface area contributed by atoms with Crippen LogP contribution in [0.1, 0.15) is 29.5 Å². The van der Waals surface area contributed by atoms with Crippen LogP contribution >= 0.6 is 11.3 Å². The van der Waals surface area contributed by atoms with Crippen LogP contribution in [0.2, 0.25) is 0 Å². The summed E-state index contributed by atoms with van der Waals surface area (Å²) in [6.45, 7) is 3.09. The summed E-state index contributed by atoms with van der Waals surface area (Å²) in [7, 11) is 0. The van der Waals surface area contributed by atoms with Crippen molar-refractivity contribution in [1.29, 1.82) is 0 Å². The monoisotopic (exact) mass is 370 g/mol. The predicted molar refractivity (Wildman–Crippen MR) is 102 cm³/mol. The number of carbonyl (C=O) groups is 1. The van der Waals surface area contributed by atoms with Gasteiger partial charge in [-0.15, -0.1) is 11.3 Å². The van der Waals surface area contributed by atoms with E-state index in [4.69, 9.17) is 4.98 Å². The van der Waals surface area contributed by atoms with E-state index in [1.54, 1.807) is 23.5 Å². The first-order valence-corrected chi connectivity index (χ1v) is 9.68. The third-order valence-electron chi connectivity index (χ3n) is 4.88. The van der Waals surface area contributed by atoms with Crippen molar-refractivity contribution >= 4 is 33.1 Å². The lowest BCUT2D eigenvalue weighted by atomic mass is 10.2. The van der Waals surface area contributed by atoms with E-state index in [9.17, 15) is 9.18 Å². The number of rotatable bonds is 4. The number of thiazole rings is 1. The minimum atomic E-state index is -0.391. The summed E-state index contributed by atoms with van der Waals surface area (Å²) < 4.78 is 15.1. The number of para-hydroxylation sites is 1. The van der Waals surface area contributed by atoms with Crippen molar-refractivity contribution in [1.82, 2.24) is 4.98 Å². The molecule has 0 saturated carbocycles. The lowest BCUT2D eigenvalue weighted by Gasteiger charge is -2.19. The molecule has 134 valence electrons. The number of anilines is 1. The summed E-state index contributed by atoms with van der Waals surface area (Å²) in [5, 5.41) is 3.80. The Balaban J connectivity index is 1.47. The van der Waals surface area contributed by atoms with Crippen molar-refractivity contribution < 1.29 is 14.1 Å². The molecule has 1 unspecified atom stereocenters. The Kier molecular flexibility index (Phi) is 4.70. The number of hydrogen-bond acceptors (Lipinski definition) is 3. The van der Waals surface area contributed by atoms with Crippen LogP contribution in [-0.2, 0) is 4.79 Å². The van der Waals surface area contributed by atoms with Gasteiger partial charge in [0.2, 0.25) is 0 Å². The van der Waals surface area contributed by atoms with Gasteiger partial charge in [-0.1, -0.05) is 18.2 Å². The molecular formula is C20H21FN3OS+. The number of aromatic nitrogens is 1. The van der Waals surface area contributed by atoms with E-state index in [-0.39, 0.29) is 17.6 Å². The van der Waals surface area contributed by atoms with Crippen LogP contribution in [-0.4, -0.2) is 24.0 Å². The number of halogens is 1. The second-order valence-corrected chi connectivity index (χ2v) is 7.89. The first-order chi connectivity index (χ1) is 12.6. The smallest absolute Gasteiger partial charge is 0.279 e. The maximum absolute atomic E-state index is 14.0. The SMILES string of the molecule is Cc1ccc(NC(=O)C[NH+]2CCC[C@H]2c2nc3ccccc3s2)c(F)c1. The summed E-state index contributed by atoms with van der Waals surface area (Å²) >= 11 is 1.71. The van der Waals surface area contributed by atoms with E-state index in [0.29, 0.717) is 6.54 Å². The molecule has 0 radical (unpaired) electrons. The van der Waals surface area contributed by atoms with Gasteiger partial charge in [0, 0.05) is 12.8 Å². The maximum Gasteiger partial charge on any atom is 0.279 e. The molecule has 1 amide bonds. The number of quaternary nitrogens is 1. The molecule has 0 spiro atoms. The molecule has 4 nitrogen and oxygen atoms in total. The Labute approximate surface area is 155 Å². The van der Waals surface area contributed by atoms with Gasteiger partial charge in [0.25, 0.3) is 5.91 Å². The molecule has 26 heavy (non-hydrogen) atoms. The van der Waals surface area contributed by atoms with Gasteiger partial charge in [0.15, 0.2) is 11.6 Å². The van der Waals surface area contributed by atoms with Gasteiger partial charge in [-0.25, -0.2) is 9.37 Å². The zero-order chi connectivity index (χ0) is 18.1. The molecule has 2 N–H and O–H groups in total. The molecule has 0 aliphatic carbocycles. The first kappa shape index (κ1) is 17.1. The zero-order valence-corrected chi connectivity index (χ0v) is 15.4. The van der Waals surface area contributed by atoms with Crippen molar-refractivity contribution in [2.45, 2.75) is 25.8 Å². The molecule has 1 aromatic heterocycles. The van der Waals surface area contributed by atoms with E-state index < -0.39 is 5.82 Å². The fraction of sp³-hybridized carbons (Fsp3) is 0.300. The van der Waals surface area contributed by atoms with E-state index in [0.717, 1.165) is 35.5 Å². The summed E-state index contributed by atoms with van der Waals surface area (Å²) in [5.41, 5.74) is 2.10. The Morgan fingerprint density at radius 1 is 1.35 bits per heavy atom. The van der Waals surface area contributed by atoms with Crippen molar-refractivity contribution in [3.8, 4) is 0 Å². The minimum absolute atomic E-state index is 0.157. The van der Waals surface area contributed by atoms with Gasteiger partial charge in [-0.3, -0.25) is 4.79 Å². The highest BCUT2D eigenvalue weighted by Crippen LogP contribution is 2.28. The summed E-state index contributed by atoms with van der Waals surface area (Å²) in [6.07, 6.45) is 2.10. The quantitative estimate of drug-likeness (QED) is 0.741. The molecular weight excluding hydrogens is 349 g/mol. The molecule has 2 atom stereocenters. The highest BCUT2D eigenvalue weighted by Gasteiger charge is 2.34. The number of benzene rings is 2. The first-order valence-electron chi connectivity index (χ1n) is 8.86. The van der Waals surface area contributed by atoms with Crippen LogP contribution in [0.25, 0.3) is 10.2 Å². The number of likely N-dealkylation sites (tertiary alicyclic amines) is 1. The number of fused-ring (bicyclic) bond motifs is 1. The average molecular weight is 370 g/mol. The fourth-order valence-electron chi connectivity index (χ4n) is 3.58. The minimum Gasteiger partial charge on any atom is -0.319 e. The summed E-state index contributed by atoms with van der Waals surface area (Å²) in [5.74, 6) is -0.548. The number of amides is 1. The van der Waals surface area contributed by atoms with E-state index in [1.807, 2.05) is 25.1 Å². The number of nitrogens with zero attached hydrogens (tertiary/aromatic N) is 1. The summed E-state index contributed by atoms with van der Waals surface area (Å²) in [6, 6.07) is 13.2. The van der Waals surface area contributed by atoms with Crippen molar-refractivity contribution in [2.75, 3.05) is 18.4 Å². The zero-order valence-electron chi connectivity index (χ0n) is 14.6. The standard InChI is InChI=1S/C20H20FN3OS/c1-13-8-9-15(14(21)11-13)22-19(25)12-24-10-4-6-17(24)20-23-16-5-2-3-7-18(16)26-20/h2-3,5,7-9,11,17H,4,6,10,12H2,1H3,(H,22,25)/p+1/t17-/m0/s1. The topological polar surface area (TPSA) is 46.4 Å². The van der Waals surface area contributed by atoms with Gasteiger partial charge in [-0.2, -0.15) is 0 Å². The largest absolute Gasteiger partial charge is 0.319 e. The van der Waals surface area contributed by atoms with Crippen LogP contribution in [0.5, 0.6) is 0 Å². The van der Waals surface area contributed by atoms with Crippen LogP contribution < -0.4 is 10.2 Å². The average Bonchev–Trinajstić information content (AvgIpc) is 3.23. The van der Waals surface area contributed by atoms with Gasteiger partial charge in [0.1, 0.15) is 11.9 Å². The molecule has 0 bridgehead atoms. The van der Waals surface area contributed by atoms with Gasteiger partial charge in [0.05, 0.1) is 22.4 Å². The molecule has 4 rings (SSSR count). The van der Waals surface area contributed by atoms with Crippen LogP contribution in [0.4, 0.5) is 10.1 Å². The van der Waals surface area contributed by atoms with Gasteiger partial charge in [-0.05, 0) is 36.8 Å². The van der Waals surface area contributed by atoms with Crippen LogP contribution in [0.15, 0.2) is 42.5 Å². The molecule has 6 heteroatoms. The number of aryl methyl sites for hydroxylation is 1. The third kappa shape index (κ3) is 3.48. The molecule has 1 aliphatic rings. The third-order valence-corrected chi connectivity index (χ3v) is 6.03. The second kappa shape index (κ2) is 7.13. The number of nitrogens with one attached hydrogen (secondary N) is 2. The predicted octanol–water partition coefficient (Wildman–Crippen LogP) is 3.10. The Morgan fingerprint density at radius 3 is 3.00 bits per heavy atom. The second-order valence-electron chi connectivity index (χ2n) is 6.83. The molecule has 2 aromatic carbocycles. The van der Waals surface area contributed by atoms with Gasteiger partial charge >= 0.3 is 0 Å². The van der Waals surface area contributed by atoms with E-state index in [1.165, 1.54) is 15.7 Å². The van der Waals surface area contributed by atoms with Crippen molar-refractivity contribution in [2.24, 2.45) is 0 Å². The van der Waals surface area contributed by atoms with Crippen molar-refractivity contribution in [3.63, 3.8) is 0 Å². The van der Waals surface area contributed by atoms with Crippen LogP contribution in [0.3, 0.4) is 0 Å². The number of hydrogen-bond donors (Lipinski definition) is 2. The van der Waals surface area contributed by atoms with Crippen LogP contribution in [0, 0.1) is 12.7 Å². The van der Waals surface area contributed by atoms with Crippen molar-refractivity contribution in [3.05, 3.63) is 58.9 Å². The maximum atomic E-state index is 14.0. The fourth-order valence-corrected chi connectivity index (χ4v) is 4.74. The lowest BCUT2D eigenvalue weighted by molar-refractivity contribution is -0.910. The molecule has 1 saturated heterocycles. The number of carbonyl (C=O) groups excluding carboxylic acids is 1. The molecule has 3 aromatic rings. The highest BCUT2D eigenvalue weighted by molar-refractivity contribution is 7.18. The summed E-state index contributed by atoms with van der Waals surface area (Å²) in [4.78, 5) is 18.4. The van der Waals surface area contributed by atoms with Gasteiger partial charge < -0.3 is 10.2 Å². The normalized spacial score (nSPS) is 19.8. The molecule has 1 fully saturated rings. The molecule has 2 heterocycles. The lowest BCUT2D eigenvalue weighted by Crippen LogP contribution is -3.11. The molecule has 1 aliphatic heterocycles. The van der Waals surface area contributed by atoms with E-state index >= 15 is 0 Å². The Bertz CT molecular complexity index is 922. The highest BCUT2D eigenvalue weighted by atomic mass is 32.1.